The van der Waals surface area contributed by atoms with Crippen LogP contribution in [0.4, 0.5) is 0 Å². The van der Waals surface area contributed by atoms with Crippen molar-refractivity contribution >= 4 is 15.9 Å². The molecule has 0 aliphatic carbocycles. The normalized spacial score (nSPS) is 18.3. The summed E-state index contributed by atoms with van der Waals surface area (Å²) in [7, 11) is -3.50. The zero-order valence-electron chi connectivity index (χ0n) is 11.7. The van der Waals surface area contributed by atoms with Gasteiger partial charge in [0, 0.05) is 26.2 Å². The zero-order valence-corrected chi connectivity index (χ0v) is 12.5. The molecule has 20 heavy (non-hydrogen) atoms. The quantitative estimate of drug-likeness (QED) is 0.500. The summed E-state index contributed by atoms with van der Waals surface area (Å²) in [5.74, 6) is 0.0998. The van der Waals surface area contributed by atoms with Crippen molar-refractivity contribution in [3.8, 4) is 0 Å². The number of sulfonamides is 1. The van der Waals surface area contributed by atoms with Crippen LogP contribution in [0.2, 0.25) is 0 Å². The Morgan fingerprint density at radius 3 is 2.40 bits per heavy atom. The lowest BCUT2D eigenvalue weighted by molar-refractivity contribution is 0.208. The Morgan fingerprint density at radius 2 is 1.95 bits per heavy atom. The van der Waals surface area contributed by atoms with E-state index in [-0.39, 0.29) is 10.7 Å². The number of aromatic nitrogens is 2. The SMILES string of the molecule is Cc1n[nH]c(C)c1S(=O)(=O)N1CCN(CC(=N)N)CC1. The van der Waals surface area contributed by atoms with E-state index in [1.165, 1.54) is 4.31 Å². The minimum atomic E-state index is -3.50. The van der Waals surface area contributed by atoms with E-state index >= 15 is 0 Å². The largest absolute Gasteiger partial charge is 0.387 e. The number of rotatable bonds is 4. The number of piperazine rings is 1. The van der Waals surface area contributed by atoms with Gasteiger partial charge in [0.15, 0.2) is 0 Å². The summed E-state index contributed by atoms with van der Waals surface area (Å²) in [6.45, 7) is 5.74. The summed E-state index contributed by atoms with van der Waals surface area (Å²) in [6, 6.07) is 0. The number of H-pyrrole nitrogens is 1. The fraction of sp³-hybridized carbons (Fsp3) is 0.636. The number of aryl methyl sites for hydroxylation is 2. The molecule has 0 saturated carbocycles. The summed E-state index contributed by atoms with van der Waals surface area (Å²) in [4.78, 5) is 2.25. The first kappa shape index (κ1) is 14.9. The highest BCUT2D eigenvalue weighted by Gasteiger charge is 2.32. The number of aromatic amines is 1. The van der Waals surface area contributed by atoms with Gasteiger partial charge in [-0.1, -0.05) is 0 Å². The van der Waals surface area contributed by atoms with Crippen molar-refractivity contribution in [1.82, 2.24) is 19.4 Å². The molecule has 112 valence electrons. The molecule has 0 aromatic carbocycles. The molecule has 0 atom stereocenters. The summed E-state index contributed by atoms with van der Waals surface area (Å²) in [5, 5.41) is 13.9. The molecule has 1 saturated heterocycles. The molecule has 4 N–H and O–H groups in total. The number of amidine groups is 1. The van der Waals surface area contributed by atoms with Crippen LogP contribution in [0.1, 0.15) is 11.4 Å². The van der Waals surface area contributed by atoms with Crippen LogP contribution in [-0.4, -0.2) is 66.4 Å². The maximum atomic E-state index is 12.6. The van der Waals surface area contributed by atoms with Crippen LogP contribution in [-0.2, 0) is 10.0 Å². The van der Waals surface area contributed by atoms with Gasteiger partial charge in [-0.25, -0.2) is 8.42 Å². The fourth-order valence-corrected chi connectivity index (χ4v) is 4.17. The molecular formula is C11H20N6O2S. The zero-order chi connectivity index (χ0) is 14.9. The van der Waals surface area contributed by atoms with E-state index in [2.05, 4.69) is 10.2 Å². The summed E-state index contributed by atoms with van der Waals surface area (Å²) in [5.41, 5.74) is 6.42. The van der Waals surface area contributed by atoms with Crippen molar-refractivity contribution < 1.29 is 8.42 Å². The van der Waals surface area contributed by atoms with Gasteiger partial charge in [-0.05, 0) is 13.8 Å². The molecule has 8 nitrogen and oxygen atoms in total. The summed E-state index contributed by atoms with van der Waals surface area (Å²) < 4.78 is 26.7. The van der Waals surface area contributed by atoms with Crippen LogP contribution in [0, 0.1) is 19.3 Å². The van der Waals surface area contributed by atoms with Crippen molar-refractivity contribution in [2.75, 3.05) is 32.7 Å². The molecule has 2 heterocycles. The van der Waals surface area contributed by atoms with Crippen LogP contribution in [0.15, 0.2) is 4.90 Å². The Balaban J connectivity index is 2.12. The molecule has 1 aromatic rings. The molecule has 9 heteroatoms. The van der Waals surface area contributed by atoms with Crippen LogP contribution in [0.5, 0.6) is 0 Å². The lowest BCUT2D eigenvalue weighted by Gasteiger charge is -2.33. The number of hydrogen-bond acceptors (Lipinski definition) is 5. The highest BCUT2D eigenvalue weighted by atomic mass is 32.2. The van der Waals surface area contributed by atoms with Gasteiger partial charge in [0.25, 0.3) is 0 Å². The minimum Gasteiger partial charge on any atom is -0.387 e. The average Bonchev–Trinajstić information content (AvgIpc) is 2.69. The standard InChI is InChI=1S/C11H20N6O2S/c1-8-11(9(2)15-14-8)20(18,19)17-5-3-16(4-6-17)7-10(12)13/h3-7H2,1-2H3,(H3,12,13)(H,14,15). The maximum Gasteiger partial charge on any atom is 0.246 e. The molecule has 0 unspecified atom stereocenters. The van der Waals surface area contributed by atoms with E-state index < -0.39 is 10.0 Å². The Hall–Kier alpha value is -1.45. The molecule has 0 bridgehead atoms. The van der Waals surface area contributed by atoms with E-state index in [1.54, 1.807) is 13.8 Å². The Morgan fingerprint density at radius 1 is 1.35 bits per heavy atom. The van der Waals surface area contributed by atoms with E-state index in [0.29, 0.717) is 44.1 Å². The Labute approximate surface area is 118 Å². The third-order valence-electron chi connectivity index (χ3n) is 3.38. The van der Waals surface area contributed by atoms with Gasteiger partial charge in [0.1, 0.15) is 10.7 Å². The Bertz CT molecular complexity index is 581. The fourth-order valence-electron chi connectivity index (χ4n) is 2.42. The summed E-state index contributed by atoms with van der Waals surface area (Å²) in [6.07, 6.45) is 0. The van der Waals surface area contributed by atoms with Gasteiger partial charge in [0.05, 0.1) is 17.9 Å². The van der Waals surface area contributed by atoms with Gasteiger partial charge in [-0.2, -0.15) is 9.40 Å². The molecule has 1 aliphatic rings. The maximum absolute atomic E-state index is 12.6. The smallest absolute Gasteiger partial charge is 0.246 e. The van der Waals surface area contributed by atoms with Crippen LogP contribution >= 0.6 is 0 Å². The minimum absolute atomic E-state index is 0.0998. The highest BCUT2D eigenvalue weighted by Crippen LogP contribution is 2.22. The van der Waals surface area contributed by atoms with Crippen molar-refractivity contribution in [1.29, 1.82) is 5.41 Å². The van der Waals surface area contributed by atoms with Gasteiger partial charge in [0.2, 0.25) is 10.0 Å². The van der Waals surface area contributed by atoms with E-state index in [0.717, 1.165) is 0 Å². The third kappa shape index (κ3) is 2.84. The van der Waals surface area contributed by atoms with Crippen molar-refractivity contribution in [3.05, 3.63) is 11.4 Å². The predicted octanol–water partition coefficient (Wildman–Crippen LogP) is -0.731. The van der Waals surface area contributed by atoms with E-state index in [9.17, 15) is 8.42 Å². The first-order valence-electron chi connectivity index (χ1n) is 6.39. The van der Waals surface area contributed by atoms with E-state index in [1.807, 2.05) is 4.90 Å². The monoisotopic (exact) mass is 300 g/mol. The van der Waals surface area contributed by atoms with Crippen molar-refractivity contribution in [3.63, 3.8) is 0 Å². The van der Waals surface area contributed by atoms with Gasteiger partial charge in [-0.3, -0.25) is 15.4 Å². The summed E-state index contributed by atoms with van der Waals surface area (Å²) >= 11 is 0. The third-order valence-corrected chi connectivity index (χ3v) is 5.55. The first-order valence-corrected chi connectivity index (χ1v) is 7.83. The number of nitrogens with one attached hydrogen (secondary N) is 2. The molecule has 1 aromatic heterocycles. The first-order chi connectivity index (χ1) is 9.32. The topological polar surface area (TPSA) is 119 Å². The molecule has 0 spiro atoms. The second-order valence-electron chi connectivity index (χ2n) is 4.97. The van der Waals surface area contributed by atoms with Gasteiger partial charge < -0.3 is 5.73 Å². The molecule has 0 radical (unpaired) electrons. The van der Waals surface area contributed by atoms with E-state index in [4.69, 9.17) is 11.1 Å². The predicted molar refractivity (Wildman–Crippen MR) is 75.2 cm³/mol. The van der Waals surface area contributed by atoms with Crippen molar-refractivity contribution in [2.45, 2.75) is 18.7 Å². The lowest BCUT2D eigenvalue weighted by atomic mass is 10.3. The lowest BCUT2D eigenvalue weighted by Crippen LogP contribution is -2.50. The molecule has 1 fully saturated rings. The van der Waals surface area contributed by atoms with Crippen LogP contribution < -0.4 is 5.73 Å². The molecule has 2 rings (SSSR count). The highest BCUT2D eigenvalue weighted by molar-refractivity contribution is 7.89. The average molecular weight is 300 g/mol. The molecule has 0 amide bonds. The Kier molecular flexibility index (Phi) is 4.11. The number of nitrogens with two attached hydrogens (primary N) is 1. The van der Waals surface area contributed by atoms with Crippen molar-refractivity contribution in [2.24, 2.45) is 5.73 Å². The van der Waals surface area contributed by atoms with Crippen LogP contribution in [0.3, 0.4) is 0 Å². The van der Waals surface area contributed by atoms with Gasteiger partial charge >= 0.3 is 0 Å². The molecule has 1 aliphatic heterocycles. The number of nitrogens with zero attached hydrogens (tertiary/aromatic N) is 3. The van der Waals surface area contributed by atoms with Gasteiger partial charge in [-0.15, -0.1) is 0 Å². The van der Waals surface area contributed by atoms with Crippen LogP contribution in [0.25, 0.3) is 0 Å². The second-order valence-corrected chi connectivity index (χ2v) is 6.84. The molecular weight excluding hydrogens is 280 g/mol. The second kappa shape index (κ2) is 5.51. The number of hydrogen-bond donors (Lipinski definition) is 3.